The Hall–Kier alpha value is -1.10. The number of aryl methyl sites for hydroxylation is 1. The van der Waals surface area contributed by atoms with Crippen LogP contribution in [0.3, 0.4) is 0 Å². The number of nitrogens with zero attached hydrogens (tertiary/aromatic N) is 1. The topological polar surface area (TPSA) is 65.2 Å². The third kappa shape index (κ3) is 2.45. The highest BCUT2D eigenvalue weighted by Crippen LogP contribution is 2.22. The summed E-state index contributed by atoms with van der Waals surface area (Å²) in [5, 5.41) is 1.35. The van der Waals surface area contributed by atoms with Crippen molar-refractivity contribution in [2.75, 3.05) is 12.8 Å². The fourth-order valence-electron chi connectivity index (χ4n) is 1.06. The summed E-state index contributed by atoms with van der Waals surface area (Å²) in [6.07, 6.45) is 3.04. The molecule has 4 nitrogen and oxygen atoms in total. The van der Waals surface area contributed by atoms with Crippen LogP contribution in [0.25, 0.3) is 0 Å². The second-order valence-corrected chi connectivity index (χ2v) is 4.03. The van der Waals surface area contributed by atoms with Crippen molar-refractivity contribution < 1.29 is 9.53 Å². The zero-order valence-electron chi connectivity index (χ0n) is 8.37. The fraction of sp³-hybridized carbons (Fsp3) is 0.556. The van der Waals surface area contributed by atoms with E-state index < -0.39 is 5.97 Å². The molecule has 0 saturated carbocycles. The molecule has 0 aliphatic carbocycles. The van der Waals surface area contributed by atoms with Gasteiger partial charge in [-0.05, 0) is 12.8 Å². The third-order valence-corrected chi connectivity index (χ3v) is 2.76. The molecule has 2 N–H and O–H groups in total. The number of nitrogen functional groups attached to an aromatic ring is 1. The van der Waals surface area contributed by atoms with Crippen LogP contribution < -0.4 is 5.73 Å². The molecule has 14 heavy (non-hydrogen) atoms. The number of nitrogens with two attached hydrogens (primary N) is 1. The maximum atomic E-state index is 11.2. The number of unbranched alkanes of at least 4 members (excludes halogenated alkanes) is 1. The number of thiazole rings is 1. The van der Waals surface area contributed by atoms with Crippen LogP contribution >= 0.6 is 11.3 Å². The van der Waals surface area contributed by atoms with Crippen LogP contribution in [-0.4, -0.2) is 18.1 Å². The molecular weight excluding hydrogens is 200 g/mol. The maximum absolute atomic E-state index is 11.2. The minimum Gasteiger partial charge on any atom is -0.464 e. The van der Waals surface area contributed by atoms with E-state index in [-0.39, 0.29) is 5.69 Å². The molecule has 0 saturated heterocycles. The van der Waals surface area contributed by atoms with E-state index >= 15 is 0 Å². The highest BCUT2D eigenvalue weighted by molar-refractivity contribution is 7.15. The summed E-state index contributed by atoms with van der Waals surface area (Å²) in [6.45, 7) is 2.11. The first-order valence-electron chi connectivity index (χ1n) is 4.52. The molecule has 0 aromatic carbocycles. The SMILES string of the molecule is CCCCc1nc(C(=O)OC)c(N)s1. The quantitative estimate of drug-likeness (QED) is 0.777. The number of ether oxygens (including phenoxy) is 1. The van der Waals surface area contributed by atoms with Crippen LogP contribution in [0.15, 0.2) is 0 Å². The summed E-state index contributed by atoms with van der Waals surface area (Å²) < 4.78 is 4.56. The van der Waals surface area contributed by atoms with Gasteiger partial charge in [-0.15, -0.1) is 11.3 Å². The van der Waals surface area contributed by atoms with Gasteiger partial charge in [0.1, 0.15) is 5.00 Å². The Morgan fingerprint density at radius 3 is 2.93 bits per heavy atom. The lowest BCUT2D eigenvalue weighted by molar-refractivity contribution is 0.0596. The molecule has 0 amide bonds. The molecule has 1 aromatic heterocycles. The zero-order valence-corrected chi connectivity index (χ0v) is 9.19. The number of anilines is 1. The Labute approximate surface area is 87.1 Å². The van der Waals surface area contributed by atoms with Crippen LogP contribution in [-0.2, 0) is 11.2 Å². The predicted octanol–water partition coefficient (Wildman–Crippen LogP) is 1.85. The van der Waals surface area contributed by atoms with E-state index in [0.717, 1.165) is 24.3 Å². The molecule has 1 rings (SSSR count). The average molecular weight is 214 g/mol. The van der Waals surface area contributed by atoms with Gasteiger partial charge in [0.05, 0.1) is 12.1 Å². The van der Waals surface area contributed by atoms with Gasteiger partial charge in [0.2, 0.25) is 0 Å². The summed E-state index contributed by atoms with van der Waals surface area (Å²) in [4.78, 5) is 15.3. The van der Waals surface area contributed by atoms with Crippen LogP contribution in [0.5, 0.6) is 0 Å². The Morgan fingerprint density at radius 2 is 2.36 bits per heavy atom. The molecule has 1 aromatic rings. The van der Waals surface area contributed by atoms with Gasteiger partial charge in [-0.2, -0.15) is 0 Å². The standard InChI is InChI=1S/C9H14N2O2S/c1-3-4-5-6-11-7(8(10)14-6)9(12)13-2/h3-5,10H2,1-2H3. The molecule has 0 spiro atoms. The second-order valence-electron chi connectivity index (χ2n) is 2.92. The molecular formula is C9H14N2O2S. The van der Waals surface area contributed by atoms with Crippen LogP contribution in [0, 0.1) is 0 Å². The summed E-state index contributed by atoms with van der Waals surface area (Å²) in [5.74, 6) is -0.457. The van der Waals surface area contributed by atoms with E-state index in [1.165, 1.54) is 18.4 Å². The van der Waals surface area contributed by atoms with Gasteiger partial charge in [-0.3, -0.25) is 0 Å². The van der Waals surface area contributed by atoms with Crippen molar-refractivity contribution in [3.05, 3.63) is 10.7 Å². The number of carbonyl (C=O) groups is 1. The van der Waals surface area contributed by atoms with Crippen molar-refractivity contribution in [2.45, 2.75) is 26.2 Å². The highest BCUT2D eigenvalue weighted by atomic mass is 32.1. The van der Waals surface area contributed by atoms with Crippen molar-refractivity contribution in [3.8, 4) is 0 Å². The summed E-state index contributed by atoms with van der Waals surface area (Å²) in [6, 6.07) is 0. The number of hydrogen-bond acceptors (Lipinski definition) is 5. The van der Waals surface area contributed by atoms with Crippen molar-refractivity contribution >= 4 is 22.3 Å². The minimum absolute atomic E-state index is 0.253. The largest absolute Gasteiger partial charge is 0.464 e. The van der Waals surface area contributed by atoms with Crippen LogP contribution in [0.4, 0.5) is 5.00 Å². The van der Waals surface area contributed by atoms with Crippen LogP contribution in [0.2, 0.25) is 0 Å². The third-order valence-electron chi connectivity index (χ3n) is 1.82. The lowest BCUT2D eigenvalue weighted by Crippen LogP contribution is -2.04. The molecule has 0 unspecified atom stereocenters. The van der Waals surface area contributed by atoms with E-state index in [0.29, 0.717) is 5.00 Å². The molecule has 78 valence electrons. The van der Waals surface area contributed by atoms with Gasteiger partial charge < -0.3 is 10.5 Å². The molecule has 5 heteroatoms. The van der Waals surface area contributed by atoms with Gasteiger partial charge in [-0.25, -0.2) is 9.78 Å². The number of esters is 1. The highest BCUT2D eigenvalue weighted by Gasteiger charge is 2.15. The van der Waals surface area contributed by atoms with E-state index in [1.807, 2.05) is 0 Å². The number of hydrogen-bond donors (Lipinski definition) is 1. The summed E-state index contributed by atoms with van der Waals surface area (Å²) in [7, 11) is 1.33. The first kappa shape index (κ1) is 11.0. The Bertz CT molecular complexity index is 323. The fourth-order valence-corrected chi connectivity index (χ4v) is 1.92. The van der Waals surface area contributed by atoms with Crippen molar-refractivity contribution in [3.63, 3.8) is 0 Å². The van der Waals surface area contributed by atoms with Gasteiger partial charge in [0.15, 0.2) is 5.69 Å². The molecule has 1 heterocycles. The predicted molar refractivity (Wildman–Crippen MR) is 56.5 cm³/mol. The molecule has 0 fully saturated rings. The van der Waals surface area contributed by atoms with E-state index in [9.17, 15) is 4.79 Å². The first-order valence-corrected chi connectivity index (χ1v) is 5.34. The van der Waals surface area contributed by atoms with Gasteiger partial charge in [-0.1, -0.05) is 13.3 Å². The molecule has 0 aliphatic rings. The lowest BCUT2D eigenvalue weighted by atomic mass is 10.3. The monoisotopic (exact) mass is 214 g/mol. The van der Waals surface area contributed by atoms with Crippen molar-refractivity contribution in [1.82, 2.24) is 4.98 Å². The Morgan fingerprint density at radius 1 is 1.64 bits per heavy atom. The average Bonchev–Trinajstić information content (AvgIpc) is 2.55. The second kappa shape index (κ2) is 4.95. The zero-order chi connectivity index (χ0) is 10.6. The normalized spacial score (nSPS) is 10.1. The van der Waals surface area contributed by atoms with Crippen molar-refractivity contribution in [2.24, 2.45) is 0 Å². The van der Waals surface area contributed by atoms with Gasteiger partial charge >= 0.3 is 5.97 Å². The number of carbonyl (C=O) groups excluding carboxylic acids is 1. The molecule has 0 bridgehead atoms. The first-order chi connectivity index (χ1) is 6.69. The van der Waals surface area contributed by atoms with E-state index in [2.05, 4.69) is 16.6 Å². The molecule has 0 radical (unpaired) electrons. The minimum atomic E-state index is -0.457. The van der Waals surface area contributed by atoms with Gasteiger partial charge in [0, 0.05) is 0 Å². The molecule has 0 aliphatic heterocycles. The van der Waals surface area contributed by atoms with Crippen LogP contribution in [0.1, 0.15) is 35.3 Å². The number of aromatic nitrogens is 1. The molecule has 0 atom stereocenters. The summed E-state index contributed by atoms with van der Waals surface area (Å²) >= 11 is 1.36. The summed E-state index contributed by atoms with van der Waals surface area (Å²) in [5.41, 5.74) is 5.90. The Kier molecular flexibility index (Phi) is 3.88. The number of methoxy groups -OCH3 is 1. The maximum Gasteiger partial charge on any atom is 0.359 e. The van der Waals surface area contributed by atoms with Gasteiger partial charge in [0.25, 0.3) is 0 Å². The van der Waals surface area contributed by atoms with E-state index in [4.69, 9.17) is 5.73 Å². The smallest absolute Gasteiger partial charge is 0.359 e. The van der Waals surface area contributed by atoms with Crippen molar-refractivity contribution in [1.29, 1.82) is 0 Å². The number of rotatable bonds is 4. The lowest BCUT2D eigenvalue weighted by Gasteiger charge is -1.93. The Balaban J connectivity index is 2.77. The van der Waals surface area contributed by atoms with E-state index in [1.54, 1.807) is 0 Å².